The SMILES string of the molecule is CC(C)(C)OC(=O)N1CCCC(N2CC(O)C2)CC1. The first-order chi connectivity index (χ1) is 8.85. The zero-order valence-electron chi connectivity index (χ0n) is 12.3. The lowest BCUT2D eigenvalue weighted by Crippen LogP contribution is -2.55. The molecule has 2 saturated heterocycles. The topological polar surface area (TPSA) is 53.0 Å². The number of carbonyl (C=O) groups excluding carboxylic acids is 1. The second-order valence-corrected chi connectivity index (χ2v) is 6.66. The van der Waals surface area contributed by atoms with E-state index in [1.54, 1.807) is 0 Å². The van der Waals surface area contributed by atoms with Crippen LogP contribution in [0.25, 0.3) is 0 Å². The molecule has 1 unspecified atom stereocenters. The molecular weight excluding hydrogens is 244 g/mol. The summed E-state index contributed by atoms with van der Waals surface area (Å²) in [5.41, 5.74) is -0.426. The summed E-state index contributed by atoms with van der Waals surface area (Å²) in [4.78, 5) is 16.2. The molecule has 0 aromatic rings. The molecule has 0 saturated carbocycles. The van der Waals surface area contributed by atoms with Crippen LogP contribution in [0.5, 0.6) is 0 Å². The number of rotatable bonds is 1. The molecule has 0 aromatic carbocycles. The lowest BCUT2D eigenvalue weighted by Gasteiger charge is -2.41. The fourth-order valence-corrected chi connectivity index (χ4v) is 2.74. The molecule has 2 heterocycles. The highest BCUT2D eigenvalue weighted by atomic mass is 16.6. The van der Waals surface area contributed by atoms with Crippen molar-refractivity contribution in [1.29, 1.82) is 0 Å². The van der Waals surface area contributed by atoms with Crippen molar-refractivity contribution in [1.82, 2.24) is 9.80 Å². The van der Waals surface area contributed by atoms with Gasteiger partial charge in [-0.25, -0.2) is 4.79 Å². The number of amides is 1. The van der Waals surface area contributed by atoms with E-state index in [9.17, 15) is 9.90 Å². The van der Waals surface area contributed by atoms with Crippen molar-refractivity contribution in [2.75, 3.05) is 26.2 Å². The fourth-order valence-electron chi connectivity index (χ4n) is 2.74. The molecule has 2 fully saturated rings. The molecule has 0 aliphatic carbocycles. The highest BCUT2D eigenvalue weighted by molar-refractivity contribution is 5.68. The monoisotopic (exact) mass is 270 g/mol. The Morgan fingerprint density at radius 1 is 1.21 bits per heavy atom. The van der Waals surface area contributed by atoms with Crippen LogP contribution in [0.3, 0.4) is 0 Å². The van der Waals surface area contributed by atoms with E-state index in [0.717, 1.165) is 45.4 Å². The molecule has 0 bridgehead atoms. The standard InChI is InChI=1S/C14H26N2O3/c1-14(2,3)19-13(18)15-7-4-5-11(6-8-15)16-9-12(17)10-16/h11-12,17H,4-10H2,1-3H3. The predicted octanol–water partition coefficient (Wildman–Crippen LogP) is 1.45. The fraction of sp³-hybridized carbons (Fsp3) is 0.929. The highest BCUT2D eigenvalue weighted by Gasteiger charge is 2.33. The Bertz CT molecular complexity index is 321. The average molecular weight is 270 g/mol. The van der Waals surface area contributed by atoms with Crippen molar-refractivity contribution in [3.05, 3.63) is 0 Å². The molecule has 2 rings (SSSR count). The first kappa shape index (κ1) is 14.6. The minimum absolute atomic E-state index is 0.148. The second-order valence-electron chi connectivity index (χ2n) is 6.66. The Labute approximate surface area is 115 Å². The van der Waals surface area contributed by atoms with Gasteiger partial charge in [0.2, 0.25) is 0 Å². The molecule has 5 nitrogen and oxygen atoms in total. The molecule has 1 amide bonds. The summed E-state index contributed by atoms with van der Waals surface area (Å²) in [7, 11) is 0. The largest absolute Gasteiger partial charge is 0.444 e. The third-order valence-electron chi connectivity index (χ3n) is 3.76. The summed E-state index contributed by atoms with van der Waals surface area (Å²) in [6, 6.07) is 0.510. The van der Waals surface area contributed by atoms with E-state index < -0.39 is 5.60 Å². The molecule has 0 spiro atoms. The van der Waals surface area contributed by atoms with Crippen LogP contribution in [-0.2, 0) is 4.74 Å². The van der Waals surface area contributed by atoms with Crippen molar-refractivity contribution >= 4 is 6.09 Å². The lowest BCUT2D eigenvalue weighted by molar-refractivity contribution is -0.0282. The molecule has 19 heavy (non-hydrogen) atoms. The van der Waals surface area contributed by atoms with Gasteiger partial charge in [0.15, 0.2) is 0 Å². The van der Waals surface area contributed by atoms with Crippen molar-refractivity contribution in [3.8, 4) is 0 Å². The van der Waals surface area contributed by atoms with E-state index >= 15 is 0 Å². The van der Waals surface area contributed by atoms with Crippen LogP contribution in [0, 0.1) is 0 Å². The van der Waals surface area contributed by atoms with Crippen LogP contribution >= 0.6 is 0 Å². The molecule has 0 radical (unpaired) electrons. The first-order valence-corrected chi connectivity index (χ1v) is 7.25. The van der Waals surface area contributed by atoms with Gasteiger partial charge in [0.05, 0.1) is 6.10 Å². The van der Waals surface area contributed by atoms with Gasteiger partial charge < -0.3 is 14.7 Å². The quantitative estimate of drug-likeness (QED) is 0.783. The van der Waals surface area contributed by atoms with Crippen LogP contribution in [-0.4, -0.2) is 64.9 Å². The number of aliphatic hydroxyl groups excluding tert-OH is 1. The summed E-state index contributed by atoms with van der Waals surface area (Å²) in [5.74, 6) is 0. The van der Waals surface area contributed by atoms with E-state index in [1.165, 1.54) is 0 Å². The molecule has 2 aliphatic rings. The highest BCUT2D eigenvalue weighted by Crippen LogP contribution is 2.22. The summed E-state index contributed by atoms with van der Waals surface area (Å²) in [5, 5.41) is 9.36. The van der Waals surface area contributed by atoms with Gasteiger partial charge in [-0.15, -0.1) is 0 Å². The number of aliphatic hydroxyl groups is 1. The van der Waals surface area contributed by atoms with Gasteiger partial charge in [-0.1, -0.05) is 0 Å². The van der Waals surface area contributed by atoms with Gasteiger partial charge in [-0.2, -0.15) is 0 Å². The van der Waals surface area contributed by atoms with Crippen LogP contribution in [0.4, 0.5) is 4.79 Å². The maximum absolute atomic E-state index is 12.0. The van der Waals surface area contributed by atoms with E-state index in [0.29, 0.717) is 6.04 Å². The summed E-state index contributed by atoms with van der Waals surface area (Å²) >= 11 is 0. The van der Waals surface area contributed by atoms with Gasteiger partial charge in [-0.05, 0) is 40.0 Å². The molecule has 1 N–H and O–H groups in total. The first-order valence-electron chi connectivity index (χ1n) is 7.25. The predicted molar refractivity (Wildman–Crippen MR) is 73.0 cm³/mol. The molecule has 0 aromatic heterocycles. The molecule has 2 aliphatic heterocycles. The smallest absolute Gasteiger partial charge is 0.410 e. The number of likely N-dealkylation sites (tertiary alicyclic amines) is 2. The summed E-state index contributed by atoms with van der Waals surface area (Å²) in [6.45, 7) is 8.80. The zero-order valence-corrected chi connectivity index (χ0v) is 12.3. The summed E-state index contributed by atoms with van der Waals surface area (Å²) in [6.07, 6.45) is 2.75. The van der Waals surface area contributed by atoms with Gasteiger partial charge in [0.1, 0.15) is 5.60 Å². The summed E-state index contributed by atoms with van der Waals surface area (Å²) < 4.78 is 5.42. The van der Waals surface area contributed by atoms with Gasteiger partial charge in [0, 0.05) is 32.2 Å². The van der Waals surface area contributed by atoms with Crippen molar-refractivity contribution in [3.63, 3.8) is 0 Å². The number of hydrogen-bond acceptors (Lipinski definition) is 4. The van der Waals surface area contributed by atoms with Crippen molar-refractivity contribution < 1.29 is 14.6 Å². The van der Waals surface area contributed by atoms with Crippen molar-refractivity contribution in [2.45, 2.75) is 57.8 Å². The number of nitrogens with zero attached hydrogens (tertiary/aromatic N) is 2. The van der Waals surface area contributed by atoms with E-state index in [2.05, 4.69) is 4.90 Å². The Morgan fingerprint density at radius 2 is 1.89 bits per heavy atom. The number of ether oxygens (including phenoxy) is 1. The van der Waals surface area contributed by atoms with Crippen LogP contribution < -0.4 is 0 Å². The minimum atomic E-state index is -0.426. The molecule has 110 valence electrons. The molecule has 5 heteroatoms. The van der Waals surface area contributed by atoms with Gasteiger partial charge in [0.25, 0.3) is 0 Å². The normalized spacial score (nSPS) is 26.7. The van der Waals surface area contributed by atoms with Gasteiger partial charge in [-0.3, -0.25) is 4.90 Å². The Hall–Kier alpha value is -0.810. The zero-order chi connectivity index (χ0) is 14.0. The Morgan fingerprint density at radius 3 is 2.47 bits per heavy atom. The Balaban J connectivity index is 1.81. The number of β-amino-alcohol motifs (C(OH)–C–C–N with tert-alkyl or cyclic N) is 1. The maximum Gasteiger partial charge on any atom is 0.410 e. The molecule has 1 atom stereocenters. The van der Waals surface area contributed by atoms with Crippen LogP contribution in [0.1, 0.15) is 40.0 Å². The third-order valence-corrected chi connectivity index (χ3v) is 3.76. The van der Waals surface area contributed by atoms with E-state index in [1.807, 2.05) is 25.7 Å². The second kappa shape index (κ2) is 5.67. The van der Waals surface area contributed by atoms with E-state index in [-0.39, 0.29) is 12.2 Å². The van der Waals surface area contributed by atoms with E-state index in [4.69, 9.17) is 4.74 Å². The lowest BCUT2D eigenvalue weighted by atomic mass is 10.0. The molecular formula is C14H26N2O3. The van der Waals surface area contributed by atoms with Crippen LogP contribution in [0.2, 0.25) is 0 Å². The number of hydrogen-bond donors (Lipinski definition) is 1. The average Bonchev–Trinajstić information content (AvgIpc) is 2.47. The Kier molecular flexibility index (Phi) is 4.36. The van der Waals surface area contributed by atoms with Crippen LogP contribution in [0.15, 0.2) is 0 Å². The van der Waals surface area contributed by atoms with Gasteiger partial charge >= 0.3 is 6.09 Å². The number of carbonyl (C=O) groups is 1. The van der Waals surface area contributed by atoms with Crippen molar-refractivity contribution in [2.24, 2.45) is 0 Å². The third kappa shape index (κ3) is 4.08. The maximum atomic E-state index is 12.0. The minimum Gasteiger partial charge on any atom is -0.444 e.